The summed E-state index contributed by atoms with van der Waals surface area (Å²) < 4.78 is 0. The van der Waals surface area contributed by atoms with Crippen LogP contribution in [0.2, 0.25) is 0 Å². The molecule has 0 saturated carbocycles. The van der Waals surface area contributed by atoms with Gasteiger partial charge in [-0.2, -0.15) is 0 Å². The van der Waals surface area contributed by atoms with E-state index >= 15 is 0 Å². The molecule has 3 rings (SSSR count). The van der Waals surface area contributed by atoms with Crippen LogP contribution in [0.25, 0.3) is 0 Å². The zero-order chi connectivity index (χ0) is 16.7. The van der Waals surface area contributed by atoms with Gasteiger partial charge in [0.05, 0.1) is 39.0 Å². The van der Waals surface area contributed by atoms with Crippen LogP contribution in [0.3, 0.4) is 0 Å². The van der Waals surface area contributed by atoms with Crippen molar-refractivity contribution in [1.29, 1.82) is 0 Å². The van der Waals surface area contributed by atoms with Crippen LogP contribution < -0.4 is 5.32 Å². The average Bonchev–Trinajstić information content (AvgIpc) is 2.47. The molecule has 0 spiro atoms. The van der Waals surface area contributed by atoms with E-state index in [2.05, 4.69) is 5.32 Å². The summed E-state index contributed by atoms with van der Waals surface area (Å²) in [6.45, 7) is 2.22. The van der Waals surface area contributed by atoms with Crippen LogP contribution in [0.15, 0.2) is 30.3 Å². The number of hydrogen-bond acceptors (Lipinski definition) is 6. The highest BCUT2D eigenvalue weighted by Crippen LogP contribution is 2.08. The molecule has 0 radical (unpaired) electrons. The SMILES string of the molecule is Cl.O=C1CC(=O)CN(Cc2ccccc2)C1.O=C1CNCC(=O)C1. The number of halogens is 1. The van der Waals surface area contributed by atoms with Crippen LogP contribution in [0.4, 0.5) is 0 Å². The number of rotatable bonds is 2. The zero-order valence-corrected chi connectivity index (χ0v) is 14.1. The fraction of sp³-hybridized carbons (Fsp3) is 0.412. The summed E-state index contributed by atoms with van der Waals surface area (Å²) in [5.74, 6) is 0.0619. The van der Waals surface area contributed by atoms with Gasteiger partial charge in [0.2, 0.25) is 0 Å². The molecule has 2 fully saturated rings. The first kappa shape index (κ1) is 20.2. The molecule has 24 heavy (non-hydrogen) atoms. The van der Waals surface area contributed by atoms with Crippen molar-refractivity contribution >= 4 is 35.5 Å². The van der Waals surface area contributed by atoms with Crippen molar-refractivity contribution in [2.24, 2.45) is 0 Å². The lowest BCUT2D eigenvalue weighted by atomic mass is 10.1. The molecule has 7 heteroatoms. The monoisotopic (exact) mass is 352 g/mol. The minimum absolute atomic E-state index is 0. The Morgan fingerprint density at radius 1 is 0.792 bits per heavy atom. The minimum Gasteiger partial charge on any atom is -0.303 e. The van der Waals surface area contributed by atoms with E-state index < -0.39 is 0 Å². The van der Waals surface area contributed by atoms with Gasteiger partial charge in [0.15, 0.2) is 23.1 Å². The van der Waals surface area contributed by atoms with Crippen molar-refractivity contribution < 1.29 is 19.2 Å². The Labute approximate surface area is 147 Å². The van der Waals surface area contributed by atoms with Gasteiger partial charge in [-0.05, 0) is 5.56 Å². The molecule has 2 heterocycles. The smallest absolute Gasteiger partial charge is 0.154 e. The Morgan fingerprint density at radius 3 is 1.75 bits per heavy atom. The van der Waals surface area contributed by atoms with Crippen LogP contribution in [0, 0.1) is 0 Å². The highest BCUT2D eigenvalue weighted by Gasteiger charge is 2.22. The summed E-state index contributed by atoms with van der Waals surface area (Å²) in [6, 6.07) is 9.88. The van der Waals surface area contributed by atoms with E-state index in [0.29, 0.717) is 32.7 Å². The van der Waals surface area contributed by atoms with Crippen LogP contribution >= 0.6 is 12.4 Å². The number of carbonyl (C=O) groups excluding carboxylic acids is 4. The second-order valence-electron chi connectivity index (χ2n) is 5.74. The van der Waals surface area contributed by atoms with Gasteiger partial charge in [0.1, 0.15) is 0 Å². The molecule has 0 aromatic heterocycles. The van der Waals surface area contributed by atoms with Crippen LogP contribution in [-0.2, 0) is 25.7 Å². The molecule has 1 aromatic rings. The van der Waals surface area contributed by atoms with Crippen molar-refractivity contribution in [2.45, 2.75) is 19.4 Å². The second-order valence-corrected chi connectivity index (χ2v) is 5.74. The van der Waals surface area contributed by atoms with E-state index in [1.165, 1.54) is 0 Å². The fourth-order valence-electron chi connectivity index (χ4n) is 2.53. The van der Waals surface area contributed by atoms with Crippen molar-refractivity contribution in [2.75, 3.05) is 26.2 Å². The Balaban J connectivity index is 0.000000273. The third-order valence-corrected chi connectivity index (χ3v) is 3.48. The van der Waals surface area contributed by atoms with E-state index in [0.717, 1.165) is 5.56 Å². The first-order valence-electron chi connectivity index (χ1n) is 7.56. The number of nitrogens with one attached hydrogen (secondary N) is 1. The lowest BCUT2D eigenvalue weighted by Gasteiger charge is -2.24. The fourth-order valence-corrected chi connectivity index (χ4v) is 2.53. The van der Waals surface area contributed by atoms with Crippen molar-refractivity contribution in [3.05, 3.63) is 35.9 Å². The van der Waals surface area contributed by atoms with E-state index in [-0.39, 0.29) is 48.4 Å². The number of nitrogens with zero attached hydrogens (tertiary/aromatic N) is 1. The zero-order valence-electron chi connectivity index (χ0n) is 13.3. The normalized spacial score (nSPS) is 18.5. The average molecular weight is 353 g/mol. The molecule has 2 aliphatic heterocycles. The first-order chi connectivity index (χ1) is 11.0. The lowest BCUT2D eigenvalue weighted by Crippen LogP contribution is -2.40. The Bertz CT molecular complexity index is 574. The van der Waals surface area contributed by atoms with Crippen LogP contribution in [0.1, 0.15) is 18.4 Å². The molecular formula is C17H21ClN2O4. The molecule has 2 aliphatic rings. The van der Waals surface area contributed by atoms with E-state index in [4.69, 9.17) is 0 Å². The maximum Gasteiger partial charge on any atom is 0.154 e. The number of benzene rings is 1. The maximum absolute atomic E-state index is 11.2. The summed E-state index contributed by atoms with van der Waals surface area (Å²) in [4.78, 5) is 45.1. The number of piperidine rings is 2. The summed E-state index contributed by atoms with van der Waals surface area (Å²) in [5, 5.41) is 2.69. The number of hydrogen-bond donors (Lipinski definition) is 1. The third kappa shape index (κ3) is 7.12. The highest BCUT2D eigenvalue weighted by molar-refractivity contribution is 6.03. The molecule has 0 bridgehead atoms. The van der Waals surface area contributed by atoms with Gasteiger partial charge in [-0.1, -0.05) is 30.3 Å². The van der Waals surface area contributed by atoms with Crippen molar-refractivity contribution in [3.63, 3.8) is 0 Å². The largest absolute Gasteiger partial charge is 0.303 e. The summed E-state index contributed by atoms with van der Waals surface area (Å²) in [6.07, 6.45) is 0.248. The molecule has 0 aliphatic carbocycles. The topological polar surface area (TPSA) is 83.6 Å². The molecule has 6 nitrogen and oxygen atoms in total. The van der Waals surface area contributed by atoms with Gasteiger partial charge < -0.3 is 5.32 Å². The van der Waals surface area contributed by atoms with Gasteiger partial charge >= 0.3 is 0 Å². The summed E-state index contributed by atoms with van der Waals surface area (Å²) >= 11 is 0. The molecule has 1 N–H and O–H groups in total. The molecule has 130 valence electrons. The molecule has 0 amide bonds. The third-order valence-electron chi connectivity index (χ3n) is 3.48. The Morgan fingerprint density at radius 2 is 1.29 bits per heavy atom. The minimum atomic E-state index is 0. The van der Waals surface area contributed by atoms with Crippen LogP contribution in [-0.4, -0.2) is 54.2 Å². The molecular weight excluding hydrogens is 332 g/mol. The number of carbonyl (C=O) groups is 4. The van der Waals surface area contributed by atoms with Crippen molar-refractivity contribution in [3.8, 4) is 0 Å². The van der Waals surface area contributed by atoms with E-state index in [1.807, 2.05) is 35.2 Å². The lowest BCUT2D eigenvalue weighted by molar-refractivity contribution is -0.133. The number of Topliss-reactive ketones (excluding diaryl/α,β-unsaturated/α-hetero) is 4. The predicted octanol–water partition coefficient (Wildman–Crippen LogP) is 0.570. The van der Waals surface area contributed by atoms with Gasteiger partial charge in [-0.25, -0.2) is 0 Å². The summed E-state index contributed by atoms with van der Waals surface area (Å²) in [5.41, 5.74) is 1.14. The predicted molar refractivity (Wildman–Crippen MR) is 91.1 cm³/mol. The Hall–Kier alpha value is -1.89. The first-order valence-corrected chi connectivity index (χ1v) is 7.56. The van der Waals surface area contributed by atoms with E-state index in [9.17, 15) is 19.2 Å². The van der Waals surface area contributed by atoms with Gasteiger partial charge in [0, 0.05) is 6.54 Å². The van der Waals surface area contributed by atoms with Gasteiger partial charge in [0.25, 0.3) is 0 Å². The van der Waals surface area contributed by atoms with Gasteiger partial charge in [-0.15, -0.1) is 12.4 Å². The molecule has 1 aromatic carbocycles. The standard InChI is InChI=1S/C12H13NO2.C5H7NO2.ClH/c14-11-6-12(15)9-13(8-11)7-10-4-2-1-3-5-10;7-4-1-5(8)3-6-2-4;/h1-5H,6-9H2;6H,1-3H2;1H. The molecule has 2 saturated heterocycles. The molecule has 0 atom stereocenters. The van der Waals surface area contributed by atoms with E-state index in [1.54, 1.807) is 0 Å². The second kappa shape index (κ2) is 10.1. The van der Waals surface area contributed by atoms with Crippen LogP contribution in [0.5, 0.6) is 0 Å². The number of likely N-dealkylation sites (tertiary alicyclic amines) is 1. The van der Waals surface area contributed by atoms with Crippen molar-refractivity contribution in [1.82, 2.24) is 10.2 Å². The van der Waals surface area contributed by atoms with Gasteiger partial charge in [-0.3, -0.25) is 24.1 Å². The highest BCUT2D eigenvalue weighted by atomic mass is 35.5. The quantitative estimate of drug-likeness (QED) is 0.783. The molecule has 0 unspecified atom stereocenters. The Kier molecular flexibility index (Phi) is 8.46. The maximum atomic E-state index is 11.2. The number of ketones is 4. The summed E-state index contributed by atoms with van der Waals surface area (Å²) in [7, 11) is 0.